The Kier molecular flexibility index (Phi) is 3.18. The summed E-state index contributed by atoms with van der Waals surface area (Å²) in [7, 11) is 4.09. The average Bonchev–Trinajstić information content (AvgIpc) is 1.96. The van der Waals surface area contributed by atoms with Gasteiger partial charge in [-0.2, -0.15) is 0 Å². The SMILES string of the molecule is Cc1cc(Br)c(Br)cc1N(C)C. The predicted octanol–water partition coefficient (Wildman–Crippen LogP) is 3.59. The van der Waals surface area contributed by atoms with Crippen molar-refractivity contribution in [2.45, 2.75) is 6.92 Å². The smallest absolute Gasteiger partial charge is 0.0402 e. The molecule has 0 fully saturated rings. The molecule has 3 heteroatoms. The first kappa shape index (κ1) is 10.1. The summed E-state index contributed by atoms with van der Waals surface area (Å²) in [5.41, 5.74) is 2.51. The lowest BCUT2D eigenvalue weighted by atomic mass is 10.2. The topological polar surface area (TPSA) is 3.24 Å². The number of nitrogens with zero attached hydrogens (tertiary/aromatic N) is 1. The van der Waals surface area contributed by atoms with Gasteiger partial charge in [0.1, 0.15) is 0 Å². The average molecular weight is 293 g/mol. The molecular formula is C9H11Br2N. The van der Waals surface area contributed by atoms with Gasteiger partial charge in [-0.1, -0.05) is 0 Å². The summed E-state index contributed by atoms with van der Waals surface area (Å²) in [5.74, 6) is 0. The third kappa shape index (κ3) is 2.02. The molecule has 0 saturated carbocycles. The molecule has 0 atom stereocenters. The molecule has 0 aromatic heterocycles. The molecule has 0 heterocycles. The van der Waals surface area contributed by atoms with Gasteiger partial charge in [-0.25, -0.2) is 0 Å². The standard InChI is InChI=1S/C9H11Br2N/c1-6-4-7(10)8(11)5-9(6)12(2)3/h4-5H,1-3H3. The highest BCUT2D eigenvalue weighted by Gasteiger charge is 2.04. The van der Waals surface area contributed by atoms with Gasteiger partial charge >= 0.3 is 0 Å². The summed E-state index contributed by atoms with van der Waals surface area (Å²) in [4.78, 5) is 2.10. The summed E-state index contributed by atoms with van der Waals surface area (Å²) >= 11 is 6.94. The molecule has 0 aliphatic rings. The van der Waals surface area contributed by atoms with Crippen LogP contribution in [-0.4, -0.2) is 14.1 Å². The molecule has 0 radical (unpaired) electrons. The van der Waals surface area contributed by atoms with Crippen molar-refractivity contribution in [3.8, 4) is 0 Å². The molecule has 1 rings (SSSR count). The van der Waals surface area contributed by atoms with E-state index in [1.54, 1.807) is 0 Å². The zero-order valence-corrected chi connectivity index (χ0v) is 10.5. The number of benzene rings is 1. The second kappa shape index (κ2) is 3.79. The molecule has 0 unspecified atom stereocenters. The minimum atomic E-state index is 1.09. The van der Waals surface area contributed by atoms with E-state index in [9.17, 15) is 0 Å². The third-order valence-electron chi connectivity index (χ3n) is 1.72. The van der Waals surface area contributed by atoms with Gasteiger partial charge in [-0.05, 0) is 56.5 Å². The lowest BCUT2D eigenvalue weighted by molar-refractivity contribution is 1.11. The van der Waals surface area contributed by atoms with E-state index in [2.05, 4.69) is 55.8 Å². The van der Waals surface area contributed by atoms with Crippen LogP contribution in [0.2, 0.25) is 0 Å². The number of anilines is 1. The van der Waals surface area contributed by atoms with E-state index in [-0.39, 0.29) is 0 Å². The molecule has 1 nitrogen and oxygen atoms in total. The summed E-state index contributed by atoms with van der Waals surface area (Å²) in [6.07, 6.45) is 0. The maximum Gasteiger partial charge on any atom is 0.0402 e. The van der Waals surface area contributed by atoms with Gasteiger partial charge in [0.2, 0.25) is 0 Å². The lowest BCUT2D eigenvalue weighted by Gasteiger charge is -2.16. The van der Waals surface area contributed by atoms with Gasteiger partial charge in [-0.15, -0.1) is 0 Å². The van der Waals surface area contributed by atoms with E-state index in [1.807, 2.05) is 14.1 Å². The van der Waals surface area contributed by atoms with Crippen molar-refractivity contribution in [1.82, 2.24) is 0 Å². The fourth-order valence-corrected chi connectivity index (χ4v) is 1.91. The molecule has 0 bridgehead atoms. The van der Waals surface area contributed by atoms with Crippen molar-refractivity contribution < 1.29 is 0 Å². The largest absolute Gasteiger partial charge is 0.377 e. The molecule has 0 spiro atoms. The van der Waals surface area contributed by atoms with Crippen molar-refractivity contribution in [3.63, 3.8) is 0 Å². The molecule has 0 aliphatic heterocycles. The second-order valence-corrected chi connectivity index (χ2v) is 4.66. The Morgan fingerprint density at radius 3 is 2.08 bits per heavy atom. The molecule has 0 N–H and O–H groups in total. The van der Waals surface area contributed by atoms with Crippen LogP contribution < -0.4 is 4.90 Å². The highest BCUT2D eigenvalue weighted by Crippen LogP contribution is 2.30. The minimum absolute atomic E-state index is 1.09. The highest BCUT2D eigenvalue weighted by molar-refractivity contribution is 9.13. The van der Waals surface area contributed by atoms with Crippen LogP contribution in [0.1, 0.15) is 5.56 Å². The fraction of sp³-hybridized carbons (Fsp3) is 0.333. The van der Waals surface area contributed by atoms with Crippen molar-refractivity contribution in [2.75, 3.05) is 19.0 Å². The number of hydrogen-bond acceptors (Lipinski definition) is 1. The van der Waals surface area contributed by atoms with Gasteiger partial charge in [0.15, 0.2) is 0 Å². The predicted molar refractivity (Wildman–Crippen MR) is 60.9 cm³/mol. The Hall–Kier alpha value is -0.0200. The number of halogens is 2. The monoisotopic (exact) mass is 291 g/mol. The minimum Gasteiger partial charge on any atom is -0.377 e. The molecule has 66 valence electrons. The second-order valence-electron chi connectivity index (χ2n) is 2.95. The van der Waals surface area contributed by atoms with Crippen LogP contribution in [0.5, 0.6) is 0 Å². The van der Waals surface area contributed by atoms with Crippen LogP contribution in [0.4, 0.5) is 5.69 Å². The molecule has 1 aromatic rings. The Morgan fingerprint density at radius 2 is 1.58 bits per heavy atom. The van der Waals surface area contributed by atoms with Crippen molar-refractivity contribution in [2.24, 2.45) is 0 Å². The zero-order chi connectivity index (χ0) is 9.30. The number of hydrogen-bond donors (Lipinski definition) is 0. The van der Waals surface area contributed by atoms with E-state index in [0.29, 0.717) is 0 Å². The Morgan fingerprint density at radius 1 is 1.08 bits per heavy atom. The van der Waals surface area contributed by atoms with Crippen LogP contribution in [-0.2, 0) is 0 Å². The zero-order valence-electron chi connectivity index (χ0n) is 7.36. The summed E-state index contributed by atoms with van der Waals surface area (Å²) in [6, 6.07) is 4.22. The first-order chi connectivity index (χ1) is 5.52. The fourth-order valence-electron chi connectivity index (χ4n) is 1.12. The van der Waals surface area contributed by atoms with Crippen molar-refractivity contribution in [3.05, 3.63) is 26.6 Å². The maximum absolute atomic E-state index is 3.47. The van der Waals surface area contributed by atoms with Crippen molar-refractivity contribution >= 4 is 37.5 Å². The van der Waals surface area contributed by atoms with Crippen LogP contribution in [0.3, 0.4) is 0 Å². The van der Waals surface area contributed by atoms with Gasteiger partial charge in [-0.3, -0.25) is 0 Å². The van der Waals surface area contributed by atoms with Crippen LogP contribution >= 0.6 is 31.9 Å². The molecular weight excluding hydrogens is 282 g/mol. The van der Waals surface area contributed by atoms with E-state index < -0.39 is 0 Å². The van der Waals surface area contributed by atoms with E-state index in [0.717, 1.165) is 8.95 Å². The molecule has 0 saturated heterocycles. The van der Waals surface area contributed by atoms with Gasteiger partial charge < -0.3 is 4.90 Å². The molecule has 0 amide bonds. The molecule has 12 heavy (non-hydrogen) atoms. The van der Waals surface area contributed by atoms with E-state index in [1.165, 1.54) is 11.3 Å². The van der Waals surface area contributed by atoms with Gasteiger partial charge in [0, 0.05) is 28.7 Å². The van der Waals surface area contributed by atoms with Crippen LogP contribution in [0.25, 0.3) is 0 Å². The third-order valence-corrected chi connectivity index (χ3v) is 3.56. The van der Waals surface area contributed by atoms with Gasteiger partial charge in [0.25, 0.3) is 0 Å². The van der Waals surface area contributed by atoms with Gasteiger partial charge in [0.05, 0.1) is 0 Å². The highest BCUT2D eigenvalue weighted by atomic mass is 79.9. The first-order valence-corrected chi connectivity index (χ1v) is 5.24. The Labute approximate surface area is 90.0 Å². The lowest BCUT2D eigenvalue weighted by Crippen LogP contribution is -2.10. The number of aryl methyl sites for hydroxylation is 1. The Balaban J connectivity index is 3.23. The summed E-state index contributed by atoms with van der Waals surface area (Å²) in [5, 5.41) is 0. The number of rotatable bonds is 1. The van der Waals surface area contributed by atoms with E-state index in [4.69, 9.17) is 0 Å². The van der Waals surface area contributed by atoms with Crippen LogP contribution in [0, 0.1) is 6.92 Å². The van der Waals surface area contributed by atoms with Crippen molar-refractivity contribution in [1.29, 1.82) is 0 Å². The maximum atomic E-state index is 3.47. The molecule has 0 aliphatic carbocycles. The first-order valence-electron chi connectivity index (χ1n) is 3.65. The summed E-state index contributed by atoms with van der Waals surface area (Å²) < 4.78 is 2.20. The summed E-state index contributed by atoms with van der Waals surface area (Å²) in [6.45, 7) is 2.10. The normalized spacial score (nSPS) is 10.1. The Bertz CT molecular complexity index is 295. The molecule has 1 aromatic carbocycles. The quantitative estimate of drug-likeness (QED) is 0.765. The van der Waals surface area contributed by atoms with E-state index >= 15 is 0 Å². The van der Waals surface area contributed by atoms with Crippen LogP contribution in [0.15, 0.2) is 21.1 Å².